The van der Waals surface area contributed by atoms with Crippen molar-refractivity contribution in [3.8, 4) is 0 Å². The van der Waals surface area contributed by atoms with Gasteiger partial charge in [-0.15, -0.1) is 0 Å². The van der Waals surface area contributed by atoms with Gasteiger partial charge >= 0.3 is 5.97 Å². The van der Waals surface area contributed by atoms with E-state index in [9.17, 15) is 4.79 Å². The van der Waals surface area contributed by atoms with Crippen LogP contribution in [0.15, 0.2) is 23.9 Å². The molecule has 60 valence electrons. The van der Waals surface area contributed by atoms with Crippen LogP contribution in [-0.2, 0) is 4.79 Å². The first-order valence-corrected chi connectivity index (χ1v) is 3.49. The van der Waals surface area contributed by atoms with Gasteiger partial charge in [-0.3, -0.25) is 0 Å². The molecule has 0 spiro atoms. The van der Waals surface area contributed by atoms with E-state index in [1.54, 1.807) is 19.2 Å². The minimum absolute atomic E-state index is 0.154. The Balaban J connectivity index is 2.97. The lowest BCUT2D eigenvalue weighted by Gasteiger charge is -2.25. The maximum absolute atomic E-state index is 10.5. The minimum Gasteiger partial charge on any atom is -0.478 e. The van der Waals surface area contributed by atoms with E-state index in [1.807, 2.05) is 0 Å². The highest BCUT2D eigenvalue weighted by atomic mass is 35.5. The molecule has 0 aliphatic carbocycles. The molecule has 1 heterocycles. The van der Waals surface area contributed by atoms with Crippen molar-refractivity contribution in [2.45, 2.75) is 11.9 Å². The van der Waals surface area contributed by atoms with E-state index in [-0.39, 0.29) is 5.57 Å². The summed E-state index contributed by atoms with van der Waals surface area (Å²) in [5.74, 6) is -1.00. The number of nitrogens with one attached hydrogen (secondary N) is 1. The molecular formula is C7H8ClNO2. The lowest BCUT2D eigenvalue weighted by Crippen LogP contribution is -2.39. The van der Waals surface area contributed by atoms with E-state index in [1.165, 1.54) is 6.08 Å². The fourth-order valence-electron chi connectivity index (χ4n) is 0.855. The smallest absolute Gasteiger partial charge is 0.335 e. The highest BCUT2D eigenvalue weighted by Crippen LogP contribution is 2.23. The number of halogens is 1. The molecule has 0 aromatic rings. The maximum Gasteiger partial charge on any atom is 0.335 e. The number of rotatable bonds is 1. The van der Waals surface area contributed by atoms with Crippen LogP contribution in [0.3, 0.4) is 0 Å². The van der Waals surface area contributed by atoms with E-state index < -0.39 is 11.0 Å². The largest absolute Gasteiger partial charge is 0.478 e. The van der Waals surface area contributed by atoms with E-state index in [4.69, 9.17) is 16.7 Å². The Labute approximate surface area is 69.4 Å². The van der Waals surface area contributed by atoms with Crippen molar-refractivity contribution in [2.24, 2.45) is 0 Å². The van der Waals surface area contributed by atoms with E-state index in [2.05, 4.69) is 5.32 Å². The average molecular weight is 174 g/mol. The van der Waals surface area contributed by atoms with Crippen molar-refractivity contribution in [3.05, 3.63) is 23.9 Å². The van der Waals surface area contributed by atoms with Gasteiger partial charge in [-0.05, 0) is 25.3 Å². The van der Waals surface area contributed by atoms with Crippen LogP contribution in [0.4, 0.5) is 0 Å². The lowest BCUT2D eigenvalue weighted by molar-refractivity contribution is -0.133. The molecule has 1 aliphatic heterocycles. The van der Waals surface area contributed by atoms with Crippen molar-refractivity contribution in [2.75, 3.05) is 0 Å². The number of aliphatic carboxylic acids is 1. The SMILES string of the molecule is CC1(Cl)NC=CC=C1C(=O)O. The van der Waals surface area contributed by atoms with Crippen LogP contribution in [0.25, 0.3) is 0 Å². The summed E-state index contributed by atoms with van der Waals surface area (Å²) in [4.78, 5) is 9.56. The number of allylic oxidation sites excluding steroid dienone is 2. The summed E-state index contributed by atoms with van der Waals surface area (Å²) in [6.07, 6.45) is 4.69. The number of dihydropyridines is 1. The first kappa shape index (κ1) is 8.14. The van der Waals surface area contributed by atoms with Gasteiger partial charge in [0.25, 0.3) is 0 Å². The summed E-state index contributed by atoms with van der Waals surface area (Å²) in [6.45, 7) is 1.60. The fourth-order valence-corrected chi connectivity index (χ4v) is 1.06. The maximum atomic E-state index is 10.5. The Morgan fingerprint density at radius 1 is 1.82 bits per heavy atom. The summed E-state index contributed by atoms with van der Waals surface area (Å²) < 4.78 is 0. The van der Waals surface area contributed by atoms with Gasteiger partial charge in [0.1, 0.15) is 5.00 Å². The highest BCUT2D eigenvalue weighted by Gasteiger charge is 2.30. The Morgan fingerprint density at radius 2 is 2.45 bits per heavy atom. The predicted octanol–water partition coefficient (Wildman–Crippen LogP) is 1.07. The minimum atomic E-state index is -1.00. The molecule has 0 radical (unpaired) electrons. The second kappa shape index (κ2) is 2.58. The molecule has 0 fully saturated rings. The summed E-state index contributed by atoms with van der Waals surface area (Å²) >= 11 is 5.82. The first-order valence-electron chi connectivity index (χ1n) is 3.11. The third kappa shape index (κ3) is 1.54. The first-order chi connectivity index (χ1) is 5.04. The predicted molar refractivity (Wildman–Crippen MR) is 42.3 cm³/mol. The van der Waals surface area contributed by atoms with Crippen LogP contribution >= 0.6 is 11.6 Å². The molecule has 0 amide bonds. The second-order valence-corrected chi connectivity index (χ2v) is 3.15. The summed E-state index contributed by atoms with van der Waals surface area (Å²) in [5.41, 5.74) is 0.154. The third-order valence-corrected chi connectivity index (χ3v) is 1.76. The Morgan fingerprint density at radius 3 is 2.82 bits per heavy atom. The molecule has 1 atom stereocenters. The van der Waals surface area contributed by atoms with Gasteiger partial charge in [-0.2, -0.15) is 0 Å². The van der Waals surface area contributed by atoms with Crippen LogP contribution in [0.5, 0.6) is 0 Å². The molecule has 4 heteroatoms. The third-order valence-electron chi connectivity index (χ3n) is 1.45. The lowest BCUT2D eigenvalue weighted by atomic mass is 10.1. The number of hydrogen-bond acceptors (Lipinski definition) is 2. The van der Waals surface area contributed by atoms with Gasteiger partial charge in [0.15, 0.2) is 0 Å². The molecular weight excluding hydrogens is 166 g/mol. The molecule has 0 saturated heterocycles. The van der Waals surface area contributed by atoms with Gasteiger partial charge in [0.2, 0.25) is 0 Å². The molecule has 0 aromatic heterocycles. The van der Waals surface area contributed by atoms with E-state index in [0.29, 0.717) is 0 Å². The second-order valence-electron chi connectivity index (χ2n) is 2.39. The summed E-state index contributed by atoms with van der Waals surface area (Å²) in [6, 6.07) is 0. The molecule has 0 bridgehead atoms. The van der Waals surface area contributed by atoms with E-state index >= 15 is 0 Å². The average Bonchev–Trinajstić information content (AvgIpc) is 1.85. The van der Waals surface area contributed by atoms with Crippen LogP contribution in [0, 0.1) is 0 Å². The van der Waals surface area contributed by atoms with Crippen LogP contribution in [0.1, 0.15) is 6.92 Å². The molecule has 0 saturated carbocycles. The van der Waals surface area contributed by atoms with Gasteiger partial charge in [0.05, 0.1) is 5.57 Å². The number of alkyl halides is 1. The van der Waals surface area contributed by atoms with Crippen molar-refractivity contribution < 1.29 is 9.90 Å². The van der Waals surface area contributed by atoms with Crippen molar-refractivity contribution in [3.63, 3.8) is 0 Å². The normalized spacial score (nSPS) is 29.1. The molecule has 2 N–H and O–H groups in total. The van der Waals surface area contributed by atoms with Crippen LogP contribution in [0.2, 0.25) is 0 Å². The molecule has 3 nitrogen and oxygen atoms in total. The molecule has 1 unspecified atom stereocenters. The molecule has 1 rings (SSSR count). The summed E-state index contributed by atoms with van der Waals surface area (Å²) in [7, 11) is 0. The molecule has 1 aliphatic rings. The Hall–Kier alpha value is -0.960. The van der Waals surface area contributed by atoms with Crippen LogP contribution in [-0.4, -0.2) is 16.1 Å². The monoisotopic (exact) mass is 173 g/mol. The Bertz CT molecular complexity index is 243. The topological polar surface area (TPSA) is 49.3 Å². The van der Waals surface area contributed by atoms with Crippen molar-refractivity contribution >= 4 is 17.6 Å². The van der Waals surface area contributed by atoms with Gasteiger partial charge in [-0.25, -0.2) is 4.79 Å². The zero-order chi connectivity index (χ0) is 8.48. The number of carbonyl (C=O) groups is 1. The fraction of sp³-hybridized carbons (Fsp3) is 0.286. The highest BCUT2D eigenvalue weighted by molar-refractivity contribution is 6.28. The number of carboxylic acid groups (broad SMARTS) is 1. The van der Waals surface area contributed by atoms with Gasteiger partial charge < -0.3 is 10.4 Å². The van der Waals surface area contributed by atoms with Crippen molar-refractivity contribution in [1.82, 2.24) is 5.32 Å². The molecule has 0 aromatic carbocycles. The standard InChI is InChI=1S/C7H8ClNO2/c1-7(8)5(6(10)11)3-2-4-9-7/h2-4,9H,1H3,(H,10,11). The van der Waals surface area contributed by atoms with E-state index in [0.717, 1.165) is 0 Å². The zero-order valence-corrected chi connectivity index (χ0v) is 6.72. The zero-order valence-electron chi connectivity index (χ0n) is 5.97. The van der Waals surface area contributed by atoms with Crippen molar-refractivity contribution in [1.29, 1.82) is 0 Å². The van der Waals surface area contributed by atoms with Gasteiger partial charge in [-0.1, -0.05) is 11.6 Å². The number of carboxylic acids is 1. The number of hydrogen-bond donors (Lipinski definition) is 2. The Kier molecular flexibility index (Phi) is 1.91. The summed E-state index contributed by atoms with van der Waals surface area (Å²) in [5, 5.41) is 11.4. The van der Waals surface area contributed by atoms with Gasteiger partial charge in [0, 0.05) is 0 Å². The molecule has 11 heavy (non-hydrogen) atoms. The quantitative estimate of drug-likeness (QED) is 0.461. The van der Waals surface area contributed by atoms with Crippen LogP contribution < -0.4 is 5.32 Å².